The number of nitrogens with zero attached hydrogens (tertiary/aromatic N) is 5. The van der Waals surface area contributed by atoms with Gasteiger partial charge in [-0.3, -0.25) is 9.36 Å². The predicted octanol–water partition coefficient (Wildman–Crippen LogP) is 2.73. The van der Waals surface area contributed by atoms with Gasteiger partial charge in [-0.05, 0) is 26.0 Å². The molecule has 1 aliphatic rings. The van der Waals surface area contributed by atoms with Crippen molar-refractivity contribution in [2.45, 2.75) is 39.7 Å². The van der Waals surface area contributed by atoms with Crippen molar-refractivity contribution in [1.82, 2.24) is 19.4 Å². The van der Waals surface area contributed by atoms with Gasteiger partial charge in [0.05, 0.1) is 5.52 Å². The number of anilines is 1. The van der Waals surface area contributed by atoms with Gasteiger partial charge in [-0.2, -0.15) is 0 Å². The Bertz CT molecular complexity index is 1130. The van der Waals surface area contributed by atoms with E-state index in [2.05, 4.69) is 23.7 Å². The summed E-state index contributed by atoms with van der Waals surface area (Å²) in [6.07, 6.45) is 0. The summed E-state index contributed by atoms with van der Waals surface area (Å²) >= 11 is 0. The van der Waals surface area contributed by atoms with Gasteiger partial charge in [0.15, 0.2) is 5.58 Å². The van der Waals surface area contributed by atoms with Gasteiger partial charge < -0.3 is 14.2 Å². The Kier molecular flexibility index (Phi) is 5.32. The second-order valence-corrected chi connectivity index (χ2v) is 8.07. The third kappa shape index (κ3) is 3.69. The number of hydrogen-bond acceptors (Lipinski definition) is 6. The summed E-state index contributed by atoms with van der Waals surface area (Å²) in [6.45, 7) is 10.4. The third-order valence-electron chi connectivity index (χ3n) is 5.55. The smallest absolute Gasteiger partial charge is 0.408 e. The van der Waals surface area contributed by atoms with Gasteiger partial charge in [0.25, 0.3) is 0 Å². The number of piperazine rings is 1. The summed E-state index contributed by atoms with van der Waals surface area (Å²) in [5.74, 6) is 1.42. The van der Waals surface area contributed by atoms with E-state index in [4.69, 9.17) is 9.40 Å². The van der Waals surface area contributed by atoms with Gasteiger partial charge in [-0.25, -0.2) is 14.8 Å². The first-order chi connectivity index (χ1) is 14.3. The summed E-state index contributed by atoms with van der Waals surface area (Å²) in [7, 11) is 0. The van der Waals surface area contributed by atoms with Crippen molar-refractivity contribution in [3.8, 4) is 0 Å². The lowest BCUT2D eigenvalue weighted by atomic mass is 10.2. The van der Waals surface area contributed by atoms with Crippen LogP contribution in [0.3, 0.4) is 0 Å². The number of fused-ring (bicyclic) bond motifs is 1. The molecule has 1 atom stereocenters. The Morgan fingerprint density at radius 2 is 1.77 bits per heavy atom. The lowest BCUT2D eigenvalue weighted by Crippen LogP contribution is -2.51. The number of carbonyl (C=O) groups excluding carboxylic acids is 1. The van der Waals surface area contributed by atoms with E-state index in [-0.39, 0.29) is 11.8 Å². The molecule has 1 unspecified atom stereocenters. The number of amides is 1. The van der Waals surface area contributed by atoms with Crippen LogP contribution in [0.2, 0.25) is 0 Å². The molecule has 0 radical (unpaired) electrons. The van der Waals surface area contributed by atoms with E-state index in [9.17, 15) is 9.59 Å². The molecule has 1 aromatic carbocycles. The fourth-order valence-corrected chi connectivity index (χ4v) is 3.88. The van der Waals surface area contributed by atoms with Crippen LogP contribution in [0.4, 0.5) is 5.82 Å². The van der Waals surface area contributed by atoms with Gasteiger partial charge >= 0.3 is 5.76 Å². The van der Waals surface area contributed by atoms with Crippen LogP contribution in [-0.2, 0) is 4.79 Å². The fraction of sp³-hybridized carbons (Fsp3) is 0.455. The molecule has 0 aliphatic carbocycles. The average Bonchev–Trinajstić information content (AvgIpc) is 3.08. The van der Waals surface area contributed by atoms with Crippen molar-refractivity contribution >= 4 is 22.8 Å². The first-order valence-corrected chi connectivity index (χ1v) is 10.3. The fourth-order valence-electron chi connectivity index (χ4n) is 3.88. The van der Waals surface area contributed by atoms with Crippen molar-refractivity contribution < 1.29 is 9.21 Å². The van der Waals surface area contributed by atoms with Crippen LogP contribution in [0.5, 0.6) is 0 Å². The second-order valence-electron chi connectivity index (χ2n) is 8.07. The highest BCUT2D eigenvalue weighted by molar-refractivity contribution is 5.83. The maximum Gasteiger partial charge on any atom is 0.420 e. The van der Waals surface area contributed by atoms with Crippen LogP contribution in [0.15, 0.2) is 39.5 Å². The van der Waals surface area contributed by atoms with E-state index in [1.165, 1.54) is 4.57 Å². The van der Waals surface area contributed by atoms with Crippen LogP contribution in [0.25, 0.3) is 11.1 Å². The van der Waals surface area contributed by atoms with Gasteiger partial charge in [0.2, 0.25) is 5.91 Å². The first kappa shape index (κ1) is 20.1. The van der Waals surface area contributed by atoms with Crippen LogP contribution in [0, 0.1) is 6.92 Å². The molecule has 0 N–H and O–H groups in total. The summed E-state index contributed by atoms with van der Waals surface area (Å²) in [6, 6.07) is 8.54. The molecule has 1 saturated heterocycles. The average molecular weight is 409 g/mol. The second kappa shape index (κ2) is 7.93. The summed E-state index contributed by atoms with van der Waals surface area (Å²) < 4.78 is 6.73. The predicted molar refractivity (Wildman–Crippen MR) is 115 cm³/mol. The van der Waals surface area contributed by atoms with Crippen LogP contribution >= 0.6 is 0 Å². The molecule has 8 nitrogen and oxygen atoms in total. The Balaban J connectivity index is 1.48. The van der Waals surface area contributed by atoms with Crippen LogP contribution in [0.1, 0.15) is 44.2 Å². The normalized spacial score (nSPS) is 15.8. The number of rotatable bonds is 4. The zero-order valence-electron chi connectivity index (χ0n) is 17.8. The highest BCUT2D eigenvalue weighted by Gasteiger charge is 2.29. The molecule has 2 aromatic heterocycles. The van der Waals surface area contributed by atoms with E-state index in [1.54, 1.807) is 25.1 Å². The molecule has 8 heteroatoms. The molecule has 1 fully saturated rings. The van der Waals surface area contributed by atoms with Crippen molar-refractivity contribution in [2.75, 3.05) is 31.1 Å². The minimum atomic E-state index is -0.624. The van der Waals surface area contributed by atoms with Crippen molar-refractivity contribution in [2.24, 2.45) is 0 Å². The molecule has 4 rings (SSSR count). The van der Waals surface area contributed by atoms with E-state index < -0.39 is 11.8 Å². The molecule has 30 heavy (non-hydrogen) atoms. The molecule has 1 amide bonds. The third-order valence-corrected chi connectivity index (χ3v) is 5.55. The maximum atomic E-state index is 13.1. The van der Waals surface area contributed by atoms with Crippen molar-refractivity contribution in [3.05, 3.63) is 52.4 Å². The van der Waals surface area contributed by atoms with E-state index >= 15 is 0 Å². The summed E-state index contributed by atoms with van der Waals surface area (Å²) in [5.41, 5.74) is 2.08. The topological polar surface area (TPSA) is 84.5 Å². The monoisotopic (exact) mass is 409 g/mol. The maximum absolute atomic E-state index is 13.1. The number of para-hydroxylation sites is 2. The molecule has 0 spiro atoms. The number of carbonyl (C=O) groups is 1. The van der Waals surface area contributed by atoms with Crippen molar-refractivity contribution in [1.29, 1.82) is 0 Å². The van der Waals surface area contributed by atoms with Crippen LogP contribution in [-0.4, -0.2) is 51.5 Å². The standard InChI is InChI=1S/C22H27N5O3/c1-14(2)20-23-15(3)13-19(24-20)25-9-11-26(12-10-25)21(28)16(4)27-17-7-5-6-8-18(17)30-22(27)29/h5-8,13-14,16H,9-12H2,1-4H3. The zero-order valence-corrected chi connectivity index (χ0v) is 17.8. The highest BCUT2D eigenvalue weighted by atomic mass is 16.4. The largest absolute Gasteiger partial charge is 0.420 e. The Morgan fingerprint density at radius 3 is 2.47 bits per heavy atom. The Labute approximate surface area is 175 Å². The van der Waals surface area contributed by atoms with Crippen LogP contribution < -0.4 is 10.7 Å². The van der Waals surface area contributed by atoms with E-state index in [0.29, 0.717) is 37.3 Å². The molecule has 0 saturated carbocycles. The number of aromatic nitrogens is 3. The lowest BCUT2D eigenvalue weighted by molar-refractivity contribution is -0.134. The molecule has 0 bridgehead atoms. The molecule has 3 heterocycles. The number of aryl methyl sites for hydroxylation is 1. The van der Waals surface area contributed by atoms with E-state index in [0.717, 1.165) is 17.3 Å². The number of benzene rings is 1. The van der Waals surface area contributed by atoms with Gasteiger partial charge in [0, 0.05) is 43.9 Å². The SMILES string of the molecule is Cc1cc(N2CCN(C(=O)C(C)n3c(=O)oc4ccccc43)CC2)nc(C(C)C)n1. The Hall–Kier alpha value is -3.16. The molecule has 158 valence electrons. The first-order valence-electron chi connectivity index (χ1n) is 10.3. The zero-order chi connectivity index (χ0) is 21.4. The molecular formula is C22H27N5O3. The van der Waals surface area contributed by atoms with Gasteiger partial charge in [0.1, 0.15) is 17.7 Å². The summed E-state index contributed by atoms with van der Waals surface area (Å²) in [5, 5.41) is 0. The minimum absolute atomic E-state index is 0.0787. The van der Waals surface area contributed by atoms with Gasteiger partial charge in [-0.15, -0.1) is 0 Å². The van der Waals surface area contributed by atoms with Gasteiger partial charge in [-0.1, -0.05) is 26.0 Å². The number of oxazole rings is 1. The summed E-state index contributed by atoms with van der Waals surface area (Å²) in [4.78, 5) is 38.7. The minimum Gasteiger partial charge on any atom is -0.408 e. The van der Waals surface area contributed by atoms with Crippen molar-refractivity contribution in [3.63, 3.8) is 0 Å². The lowest BCUT2D eigenvalue weighted by Gasteiger charge is -2.36. The Morgan fingerprint density at radius 1 is 1.07 bits per heavy atom. The molecule has 3 aromatic rings. The highest BCUT2D eigenvalue weighted by Crippen LogP contribution is 2.21. The quantitative estimate of drug-likeness (QED) is 0.659. The molecule has 1 aliphatic heterocycles. The van der Waals surface area contributed by atoms with E-state index in [1.807, 2.05) is 24.0 Å². The number of hydrogen-bond donors (Lipinski definition) is 0. The molecular weight excluding hydrogens is 382 g/mol.